The van der Waals surface area contributed by atoms with E-state index in [1.54, 1.807) is 25.1 Å². The van der Waals surface area contributed by atoms with Crippen LogP contribution in [0.2, 0.25) is 0 Å². The molecule has 2 heterocycles. The largest absolute Gasteiger partial charge is 0.382 e. The van der Waals surface area contributed by atoms with E-state index >= 15 is 0 Å². The van der Waals surface area contributed by atoms with Crippen molar-refractivity contribution >= 4 is 28.1 Å². The van der Waals surface area contributed by atoms with Crippen molar-refractivity contribution in [3.8, 4) is 5.69 Å². The Morgan fingerprint density at radius 3 is 2.65 bits per heavy atom. The van der Waals surface area contributed by atoms with Crippen LogP contribution in [0.25, 0.3) is 16.5 Å². The highest BCUT2D eigenvalue weighted by atomic mass is 19.2. The van der Waals surface area contributed by atoms with Gasteiger partial charge in [-0.1, -0.05) is 30.3 Å². The van der Waals surface area contributed by atoms with Gasteiger partial charge in [0.1, 0.15) is 17.8 Å². The first-order valence-electron chi connectivity index (χ1n) is 9.56. The van der Waals surface area contributed by atoms with Gasteiger partial charge in [-0.05, 0) is 43.0 Å². The summed E-state index contributed by atoms with van der Waals surface area (Å²) in [6, 6.07) is 12.8. The molecule has 7 nitrogen and oxygen atoms in total. The maximum Gasteiger partial charge on any atom is 0.263 e. The maximum absolute atomic E-state index is 14.7. The van der Waals surface area contributed by atoms with Crippen molar-refractivity contribution in [2.24, 2.45) is 0 Å². The molecule has 0 saturated carbocycles. The third-order valence-electron chi connectivity index (χ3n) is 5.14. The Balaban J connectivity index is 1.95. The highest BCUT2D eigenvalue weighted by Gasteiger charge is 2.21. The van der Waals surface area contributed by atoms with Gasteiger partial charge in [0.2, 0.25) is 0 Å². The monoisotopic (exact) mass is 422 g/mol. The molecule has 0 radical (unpaired) electrons. The molecular formula is C22H20F2N6O. The molecule has 0 spiro atoms. The number of nitrogens with one attached hydrogen (secondary N) is 2. The van der Waals surface area contributed by atoms with E-state index in [4.69, 9.17) is 5.73 Å². The molecular weight excluding hydrogens is 402 g/mol. The summed E-state index contributed by atoms with van der Waals surface area (Å²) in [4.78, 5) is 21.3. The van der Waals surface area contributed by atoms with E-state index in [2.05, 4.69) is 15.3 Å². The lowest BCUT2D eigenvalue weighted by molar-refractivity contribution is 0.610. The second-order valence-electron chi connectivity index (χ2n) is 7.14. The SMILES string of the molecule is Cc1cccc2cc(C(C)Nc3ncnc(N)c3NF)n(-c3ccccc3F)c(=O)c12. The molecule has 1 unspecified atom stereocenters. The van der Waals surface area contributed by atoms with Gasteiger partial charge in [-0.3, -0.25) is 9.36 Å². The molecule has 0 aliphatic heterocycles. The second-order valence-corrected chi connectivity index (χ2v) is 7.14. The lowest BCUT2D eigenvalue weighted by atomic mass is 10.0. The Morgan fingerprint density at radius 1 is 1.13 bits per heavy atom. The third kappa shape index (κ3) is 3.54. The number of anilines is 3. The molecule has 0 saturated heterocycles. The summed E-state index contributed by atoms with van der Waals surface area (Å²) in [5, 5.41) is 4.25. The highest BCUT2D eigenvalue weighted by molar-refractivity contribution is 5.85. The van der Waals surface area contributed by atoms with Gasteiger partial charge in [0.15, 0.2) is 11.6 Å². The Bertz CT molecular complexity index is 1340. The van der Waals surface area contributed by atoms with Crippen LogP contribution in [0.5, 0.6) is 0 Å². The number of fused-ring (bicyclic) bond motifs is 1. The molecule has 4 N–H and O–H groups in total. The van der Waals surface area contributed by atoms with Crippen LogP contribution in [-0.4, -0.2) is 14.5 Å². The van der Waals surface area contributed by atoms with Crippen LogP contribution in [0, 0.1) is 12.7 Å². The Morgan fingerprint density at radius 2 is 1.90 bits per heavy atom. The fourth-order valence-electron chi connectivity index (χ4n) is 3.64. The summed E-state index contributed by atoms with van der Waals surface area (Å²) in [5.41, 5.74) is 8.09. The predicted octanol–water partition coefficient (Wildman–Crippen LogP) is 4.28. The first-order valence-corrected chi connectivity index (χ1v) is 9.56. The number of nitrogens with zero attached hydrogens (tertiary/aromatic N) is 3. The normalized spacial score (nSPS) is 12.0. The molecule has 4 rings (SSSR count). The lowest BCUT2D eigenvalue weighted by Crippen LogP contribution is -2.27. The van der Waals surface area contributed by atoms with Crippen LogP contribution in [-0.2, 0) is 0 Å². The van der Waals surface area contributed by atoms with Gasteiger partial charge in [0, 0.05) is 5.69 Å². The smallest absolute Gasteiger partial charge is 0.263 e. The minimum atomic E-state index is -0.571. The maximum atomic E-state index is 14.7. The van der Waals surface area contributed by atoms with E-state index in [0.717, 1.165) is 5.56 Å². The number of aromatic nitrogens is 3. The first kappa shape index (κ1) is 20.3. The molecule has 9 heteroatoms. The van der Waals surface area contributed by atoms with E-state index in [9.17, 15) is 13.7 Å². The van der Waals surface area contributed by atoms with Crippen LogP contribution < -0.4 is 22.1 Å². The van der Waals surface area contributed by atoms with Crippen LogP contribution in [0.1, 0.15) is 24.2 Å². The van der Waals surface area contributed by atoms with Crippen molar-refractivity contribution < 1.29 is 8.87 Å². The molecule has 1 atom stereocenters. The summed E-state index contributed by atoms with van der Waals surface area (Å²) in [6.07, 6.45) is 1.19. The summed E-state index contributed by atoms with van der Waals surface area (Å²) in [5.74, 6) is -0.504. The zero-order valence-corrected chi connectivity index (χ0v) is 16.9. The molecule has 158 valence electrons. The topological polar surface area (TPSA) is 97.9 Å². The van der Waals surface area contributed by atoms with Crippen molar-refractivity contribution in [2.45, 2.75) is 19.9 Å². The molecule has 0 aliphatic carbocycles. The minimum Gasteiger partial charge on any atom is -0.382 e. The van der Waals surface area contributed by atoms with E-state index in [-0.39, 0.29) is 28.6 Å². The molecule has 31 heavy (non-hydrogen) atoms. The standard InChI is InChI=1S/C22H20F2N6O/c1-12-6-5-7-14-10-17(13(2)28-21-19(29-24)20(25)26-11-27-21)30(22(31)18(12)14)16-9-4-3-8-15(16)23/h3-11,13,29H,1-2H3,(H3,25,26,27,28). The van der Waals surface area contributed by atoms with Gasteiger partial charge in [0.05, 0.1) is 17.1 Å². The van der Waals surface area contributed by atoms with E-state index in [0.29, 0.717) is 16.5 Å². The molecule has 4 aromatic rings. The van der Waals surface area contributed by atoms with Crippen LogP contribution in [0.4, 0.5) is 26.2 Å². The van der Waals surface area contributed by atoms with Crippen molar-refractivity contribution in [3.63, 3.8) is 0 Å². The molecule has 2 aromatic carbocycles. The Labute approximate surface area is 176 Å². The fourth-order valence-corrected chi connectivity index (χ4v) is 3.64. The number of nitrogens with two attached hydrogens (primary N) is 1. The quantitative estimate of drug-likeness (QED) is 0.415. The molecule has 0 aliphatic rings. The van der Waals surface area contributed by atoms with Gasteiger partial charge in [-0.2, -0.15) is 0 Å². The predicted molar refractivity (Wildman–Crippen MR) is 117 cm³/mol. The van der Waals surface area contributed by atoms with Gasteiger partial charge in [0.25, 0.3) is 5.56 Å². The van der Waals surface area contributed by atoms with Gasteiger partial charge >= 0.3 is 0 Å². The summed E-state index contributed by atoms with van der Waals surface area (Å²) in [7, 11) is 0. The van der Waals surface area contributed by atoms with Crippen molar-refractivity contribution in [2.75, 3.05) is 16.6 Å². The van der Waals surface area contributed by atoms with Gasteiger partial charge < -0.3 is 11.1 Å². The minimum absolute atomic E-state index is 0.0761. The molecule has 0 bridgehead atoms. The average molecular weight is 422 g/mol. The van der Waals surface area contributed by atoms with E-state index in [1.165, 1.54) is 28.6 Å². The van der Waals surface area contributed by atoms with E-state index < -0.39 is 11.9 Å². The Hall–Kier alpha value is -4.01. The lowest BCUT2D eigenvalue weighted by Gasteiger charge is -2.22. The zero-order chi connectivity index (χ0) is 22.1. The molecule has 0 amide bonds. The number of nitrogen functional groups attached to an aromatic ring is 1. The number of hydrogen-bond donors (Lipinski definition) is 3. The second kappa shape index (κ2) is 8.02. The van der Waals surface area contributed by atoms with E-state index in [1.807, 2.05) is 25.1 Å². The zero-order valence-electron chi connectivity index (χ0n) is 16.9. The number of halogens is 2. The fraction of sp³-hybridized carbons (Fsp3) is 0.136. The molecule has 2 aromatic heterocycles. The highest BCUT2D eigenvalue weighted by Crippen LogP contribution is 2.30. The number of rotatable bonds is 5. The van der Waals surface area contributed by atoms with Crippen molar-refractivity contribution in [1.29, 1.82) is 0 Å². The average Bonchev–Trinajstić information content (AvgIpc) is 2.74. The number of benzene rings is 2. The summed E-state index contributed by atoms with van der Waals surface area (Å²) < 4.78 is 29.3. The number of para-hydroxylation sites is 1. The summed E-state index contributed by atoms with van der Waals surface area (Å²) in [6.45, 7) is 3.59. The van der Waals surface area contributed by atoms with Gasteiger partial charge in [-0.25, -0.2) is 19.9 Å². The number of pyridine rings is 1. The van der Waals surface area contributed by atoms with Crippen LogP contribution in [0.15, 0.2) is 59.7 Å². The Kier molecular flexibility index (Phi) is 5.24. The number of hydrogen-bond acceptors (Lipinski definition) is 6. The van der Waals surface area contributed by atoms with Crippen LogP contribution >= 0.6 is 0 Å². The first-order chi connectivity index (χ1) is 14.9. The third-order valence-corrected chi connectivity index (χ3v) is 5.14. The summed E-state index contributed by atoms with van der Waals surface area (Å²) >= 11 is 0. The van der Waals surface area contributed by atoms with Gasteiger partial charge in [-0.15, -0.1) is 4.48 Å². The molecule has 0 fully saturated rings. The van der Waals surface area contributed by atoms with Crippen molar-refractivity contribution in [1.82, 2.24) is 14.5 Å². The number of aryl methyl sites for hydroxylation is 1. The van der Waals surface area contributed by atoms with Crippen LogP contribution in [0.3, 0.4) is 0 Å². The van der Waals surface area contributed by atoms with Crippen molar-refractivity contribution in [3.05, 3.63) is 82.3 Å².